The number of rotatable bonds is 2. The Labute approximate surface area is 119 Å². The quantitative estimate of drug-likeness (QED) is 0.919. The molecule has 0 saturated heterocycles. The SMILES string of the molecule is CC1(c2nc(-c3cncc(Br)c3)no2)CCCC1N. The summed E-state index contributed by atoms with van der Waals surface area (Å²) in [6.45, 7) is 2.10. The number of nitrogens with zero attached hydrogens (tertiary/aromatic N) is 3. The highest BCUT2D eigenvalue weighted by Crippen LogP contribution is 2.39. The van der Waals surface area contributed by atoms with Crippen molar-refractivity contribution in [3.05, 3.63) is 28.8 Å². The second-order valence-electron chi connectivity index (χ2n) is 5.23. The minimum absolute atomic E-state index is 0.0847. The Hall–Kier alpha value is -1.27. The summed E-state index contributed by atoms with van der Waals surface area (Å²) in [6.07, 6.45) is 6.54. The maximum atomic E-state index is 6.17. The van der Waals surface area contributed by atoms with Crippen LogP contribution in [0.4, 0.5) is 0 Å². The Bertz CT molecular complexity index is 600. The molecular weight excluding hydrogens is 308 g/mol. The molecule has 0 radical (unpaired) electrons. The fourth-order valence-corrected chi connectivity index (χ4v) is 2.93. The second-order valence-corrected chi connectivity index (χ2v) is 6.15. The topological polar surface area (TPSA) is 77.8 Å². The largest absolute Gasteiger partial charge is 0.338 e. The zero-order valence-corrected chi connectivity index (χ0v) is 12.2. The summed E-state index contributed by atoms with van der Waals surface area (Å²) < 4.78 is 6.32. The van der Waals surface area contributed by atoms with E-state index in [0.29, 0.717) is 11.7 Å². The van der Waals surface area contributed by atoms with Crippen LogP contribution in [0.5, 0.6) is 0 Å². The lowest BCUT2D eigenvalue weighted by Crippen LogP contribution is -2.38. The molecule has 5 nitrogen and oxygen atoms in total. The van der Waals surface area contributed by atoms with Gasteiger partial charge in [-0.15, -0.1) is 0 Å². The molecular formula is C13H15BrN4O. The van der Waals surface area contributed by atoms with E-state index in [2.05, 4.69) is 38.0 Å². The van der Waals surface area contributed by atoms with Gasteiger partial charge >= 0.3 is 0 Å². The predicted octanol–water partition coefficient (Wildman–Crippen LogP) is 2.66. The third kappa shape index (κ3) is 2.19. The van der Waals surface area contributed by atoms with Crippen molar-refractivity contribution >= 4 is 15.9 Å². The first kappa shape index (κ1) is 12.7. The van der Waals surface area contributed by atoms with Crippen LogP contribution in [-0.2, 0) is 5.41 Å². The molecule has 19 heavy (non-hydrogen) atoms. The molecule has 2 N–H and O–H groups in total. The molecule has 1 aliphatic rings. The van der Waals surface area contributed by atoms with Crippen LogP contribution in [-0.4, -0.2) is 21.2 Å². The number of pyridine rings is 1. The minimum atomic E-state index is -0.204. The van der Waals surface area contributed by atoms with Crippen LogP contribution in [0.15, 0.2) is 27.5 Å². The summed E-state index contributed by atoms with van der Waals surface area (Å²) in [5.74, 6) is 1.19. The number of hydrogen-bond donors (Lipinski definition) is 1. The summed E-state index contributed by atoms with van der Waals surface area (Å²) in [6, 6.07) is 2.00. The smallest absolute Gasteiger partial charge is 0.234 e. The van der Waals surface area contributed by atoms with Gasteiger partial charge in [-0.1, -0.05) is 11.6 Å². The maximum absolute atomic E-state index is 6.17. The van der Waals surface area contributed by atoms with E-state index in [-0.39, 0.29) is 11.5 Å². The van der Waals surface area contributed by atoms with Gasteiger partial charge in [-0.3, -0.25) is 4.98 Å². The first-order valence-electron chi connectivity index (χ1n) is 6.30. The summed E-state index contributed by atoms with van der Waals surface area (Å²) >= 11 is 3.38. The lowest BCUT2D eigenvalue weighted by Gasteiger charge is -2.23. The van der Waals surface area contributed by atoms with E-state index in [1.54, 1.807) is 12.4 Å². The Morgan fingerprint density at radius 2 is 2.32 bits per heavy atom. The molecule has 0 amide bonds. The van der Waals surface area contributed by atoms with Crippen molar-refractivity contribution in [3.63, 3.8) is 0 Å². The van der Waals surface area contributed by atoms with Crippen LogP contribution in [0, 0.1) is 0 Å². The van der Waals surface area contributed by atoms with E-state index in [1.807, 2.05) is 6.07 Å². The van der Waals surface area contributed by atoms with Gasteiger partial charge < -0.3 is 10.3 Å². The van der Waals surface area contributed by atoms with Gasteiger partial charge in [0, 0.05) is 28.5 Å². The monoisotopic (exact) mass is 322 g/mol. The Morgan fingerprint density at radius 1 is 1.47 bits per heavy atom. The van der Waals surface area contributed by atoms with Gasteiger partial charge in [0.05, 0.1) is 5.41 Å². The maximum Gasteiger partial charge on any atom is 0.234 e. The highest BCUT2D eigenvalue weighted by Gasteiger charge is 2.42. The number of nitrogens with two attached hydrogens (primary N) is 1. The first-order chi connectivity index (χ1) is 9.09. The van der Waals surface area contributed by atoms with Crippen LogP contribution in [0.1, 0.15) is 32.1 Å². The fraction of sp³-hybridized carbons (Fsp3) is 0.462. The van der Waals surface area contributed by atoms with Gasteiger partial charge in [-0.2, -0.15) is 4.98 Å². The van der Waals surface area contributed by atoms with Crippen LogP contribution in [0.2, 0.25) is 0 Å². The molecule has 0 aromatic carbocycles. The van der Waals surface area contributed by atoms with E-state index < -0.39 is 0 Å². The molecule has 3 rings (SSSR count). The molecule has 2 aromatic heterocycles. The van der Waals surface area contributed by atoms with Gasteiger partial charge in [0.25, 0.3) is 0 Å². The highest BCUT2D eigenvalue weighted by molar-refractivity contribution is 9.10. The fourth-order valence-electron chi connectivity index (χ4n) is 2.57. The van der Waals surface area contributed by atoms with Crippen molar-refractivity contribution in [2.45, 2.75) is 37.6 Å². The van der Waals surface area contributed by atoms with Crippen molar-refractivity contribution in [1.29, 1.82) is 0 Å². The van der Waals surface area contributed by atoms with Gasteiger partial charge in [0.15, 0.2) is 0 Å². The lowest BCUT2D eigenvalue weighted by atomic mass is 9.85. The summed E-state index contributed by atoms with van der Waals surface area (Å²) in [5.41, 5.74) is 6.80. The van der Waals surface area contributed by atoms with Crippen molar-refractivity contribution in [1.82, 2.24) is 15.1 Å². The Balaban J connectivity index is 1.96. The number of aromatic nitrogens is 3. The Kier molecular flexibility index (Phi) is 3.14. The van der Waals surface area contributed by atoms with E-state index in [4.69, 9.17) is 10.3 Å². The summed E-state index contributed by atoms with van der Waals surface area (Å²) in [4.78, 5) is 8.61. The Morgan fingerprint density at radius 3 is 3.00 bits per heavy atom. The molecule has 0 bridgehead atoms. The van der Waals surface area contributed by atoms with Gasteiger partial charge in [0.1, 0.15) is 0 Å². The molecule has 1 fully saturated rings. The van der Waals surface area contributed by atoms with Crippen LogP contribution in [0.3, 0.4) is 0 Å². The summed E-state index contributed by atoms with van der Waals surface area (Å²) in [7, 11) is 0. The molecule has 100 valence electrons. The first-order valence-corrected chi connectivity index (χ1v) is 7.09. The molecule has 1 saturated carbocycles. The third-order valence-electron chi connectivity index (χ3n) is 3.91. The number of hydrogen-bond acceptors (Lipinski definition) is 5. The van der Waals surface area contributed by atoms with Crippen LogP contribution in [0.25, 0.3) is 11.4 Å². The van der Waals surface area contributed by atoms with Crippen LogP contribution < -0.4 is 5.73 Å². The van der Waals surface area contributed by atoms with Crippen molar-refractivity contribution in [2.75, 3.05) is 0 Å². The highest BCUT2D eigenvalue weighted by atomic mass is 79.9. The predicted molar refractivity (Wildman–Crippen MR) is 74.4 cm³/mol. The van der Waals surface area contributed by atoms with E-state index in [0.717, 1.165) is 29.3 Å². The van der Waals surface area contributed by atoms with Crippen molar-refractivity contribution in [3.8, 4) is 11.4 Å². The average molecular weight is 323 g/mol. The minimum Gasteiger partial charge on any atom is -0.338 e. The molecule has 6 heteroatoms. The van der Waals surface area contributed by atoms with E-state index in [9.17, 15) is 0 Å². The van der Waals surface area contributed by atoms with Crippen LogP contribution >= 0.6 is 15.9 Å². The zero-order chi connectivity index (χ0) is 13.5. The van der Waals surface area contributed by atoms with Gasteiger partial charge in [-0.25, -0.2) is 0 Å². The molecule has 2 aromatic rings. The lowest BCUT2D eigenvalue weighted by molar-refractivity contribution is 0.278. The second kappa shape index (κ2) is 4.68. The average Bonchev–Trinajstić information content (AvgIpc) is 2.99. The molecule has 0 aliphatic heterocycles. The van der Waals surface area contributed by atoms with Crippen molar-refractivity contribution < 1.29 is 4.52 Å². The normalized spacial score (nSPS) is 26.8. The number of halogens is 1. The summed E-state index contributed by atoms with van der Waals surface area (Å²) in [5, 5.41) is 4.05. The molecule has 2 atom stereocenters. The molecule has 1 aliphatic carbocycles. The third-order valence-corrected chi connectivity index (χ3v) is 4.34. The van der Waals surface area contributed by atoms with Gasteiger partial charge in [-0.05, 0) is 41.8 Å². The van der Waals surface area contributed by atoms with E-state index >= 15 is 0 Å². The zero-order valence-electron chi connectivity index (χ0n) is 10.6. The molecule has 0 spiro atoms. The van der Waals surface area contributed by atoms with Crippen molar-refractivity contribution in [2.24, 2.45) is 5.73 Å². The van der Waals surface area contributed by atoms with E-state index in [1.165, 1.54) is 0 Å². The standard InChI is InChI=1S/C13H15BrN4O/c1-13(4-2-3-10(13)15)12-17-11(18-19-12)8-5-9(14)7-16-6-8/h5-7,10H,2-4,15H2,1H3. The molecule has 2 unspecified atom stereocenters. The molecule has 2 heterocycles. The van der Waals surface area contributed by atoms with Gasteiger partial charge in [0.2, 0.25) is 11.7 Å².